The van der Waals surface area contributed by atoms with E-state index in [1.807, 2.05) is 23.1 Å². The summed E-state index contributed by atoms with van der Waals surface area (Å²) in [7, 11) is 0. The highest BCUT2D eigenvalue weighted by molar-refractivity contribution is 5.74. The maximum absolute atomic E-state index is 12.4. The third kappa shape index (κ3) is 5.32. The Balaban J connectivity index is 1.17. The van der Waals surface area contributed by atoms with Gasteiger partial charge in [-0.15, -0.1) is 0 Å². The second-order valence-electron chi connectivity index (χ2n) is 7.72. The number of hydrogen-bond acceptors (Lipinski definition) is 5. The molecule has 1 aromatic heterocycles. The Morgan fingerprint density at radius 2 is 2.07 bits per heavy atom. The van der Waals surface area contributed by atoms with Gasteiger partial charge in [0.05, 0.1) is 12.5 Å². The molecule has 1 saturated carbocycles. The minimum atomic E-state index is -0.0216. The van der Waals surface area contributed by atoms with Crippen LogP contribution in [0.4, 0.5) is 4.79 Å². The molecule has 2 amide bonds. The molecule has 1 aliphatic heterocycles. The van der Waals surface area contributed by atoms with Crippen LogP contribution in [0.25, 0.3) is 0 Å². The first-order chi connectivity index (χ1) is 13.8. The molecule has 28 heavy (non-hydrogen) atoms. The minimum Gasteiger partial charge on any atom is -0.381 e. The first-order valence-electron chi connectivity index (χ1n) is 10.2. The third-order valence-electron chi connectivity index (χ3n) is 5.36. The van der Waals surface area contributed by atoms with E-state index in [4.69, 9.17) is 9.26 Å². The van der Waals surface area contributed by atoms with Gasteiger partial charge in [0.15, 0.2) is 5.82 Å². The maximum Gasteiger partial charge on any atom is 0.317 e. The summed E-state index contributed by atoms with van der Waals surface area (Å²) in [6.45, 7) is 3.45. The van der Waals surface area contributed by atoms with Gasteiger partial charge >= 0.3 is 6.03 Å². The lowest BCUT2D eigenvalue weighted by atomic mass is 10.1. The zero-order chi connectivity index (χ0) is 19.2. The number of amides is 2. The Bertz CT molecular complexity index is 760. The SMILES string of the molecule is O=C(NCCc1ccccc1)N1CCC(c2nc(CCOCC3CC3)no2)C1. The fourth-order valence-corrected chi connectivity index (χ4v) is 3.45. The number of carbonyl (C=O) groups is 1. The Hall–Kier alpha value is -2.41. The average Bonchev–Trinajstić information content (AvgIpc) is 3.20. The number of hydrogen-bond donors (Lipinski definition) is 1. The number of carbonyl (C=O) groups excluding carboxylic acids is 1. The van der Waals surface area contributed by atoms with Crippen LogP contribution in [-0.4, -0.2) is 53.9 Å². The van der Waals surface area contributed by atoms with E-state index in [-0.39, 0.29) is 11.9 Å². The molecule has 1 aliphatic carbocycles. The summed E-state index contributed by atoms with van der Waals surface area (Å²) in [5.41, 5.74) is 1.22. The number of nitrogens with zero attached hydrogens (tertiary/aromatic N) is 3. The fraction of sp³-hybridized carbons (Fsp3) is 0.571. The standard InChI is InChI=1S/C21H28N4O3/c26-21(22-11-8-16-4-2-1-3-5-16)25-12-9-18(14-25)20-23-19(24-28-20)10-13-27-15-17-6-7-17/h1-5,17-18H,6-15H2,(H,22,26). The second-order valence-corrected chi connectivity index (χ2v) is 7.72. The van der Waals surface area contributed by atoms with Crippen molar-refractivity contribution in [3.05, 3.63) is 47.6 Å². The van der Waals surface area contributed by atoms with Crippen LogP contribution in [-0.2, 0) is 17.6 Å². The number of benzene rings is 1. The summed E-state index contributed by atoms with van der Waals surface area (Å²) in [6.07, 6.45) is 4.95. The molecule has 0 bridgehead atoms. The summed E-state index contributed by atoms with van der Waals surface area (Å²) in [5, 5.41) is 7.06. The minimum absolute atomic E-state index is 0.0216. The molecule has 1 aromatic carbocycles. The first-order valence-corrected chi connectivity index (χ1v) is 10.2. The Morgan fingerprint density at radius 3 is 2.89 bits per heavy atom. The molecule has 2 aromatic rings. The molecule has 2 aliphatic rings. The van der Waals surface area contributed by atoms with Crippen molar-refractivity contribution in [2.75, 3.05) is 32.8 Å². The maximum atomic E-state index is 12.4. The van der Waals surface area contributed by atoms with Gasteiger partial charge in [0.1, 0.15) is 0 Å². The van der Waals surface area contributed by atoms with Gasteiger partial charge in [-0.05, 0) is 37.2 Å². The highest BCUT2D eigenvalue weighted by Gasteiger charge is 2.31. The number of aromatic nitrogens is 2. The van der Waals surface area contributed by atoms with Crippen LogP contribution < -0.4 is 5.32 Å². The zero-order valence-electron chi connectivity index (χ0n) is 16.2. The van der Waals surface area contributed by atoms with Gasteiger partial charge in [0.25, 0.3) is 0 Å². The van der Waals surface area contributed by atoms with Gasteiger partial charge in [0, 0.05) is 32.7 Å². The van der Waals surface area contributed by atoms with Gasteiger partial charge in [-0.2, -0.15) is 4.98 Å². The van der Waals surface area contributed by atoms with E-state index in [0.717, 1.165) is 25.4 Å². The number of urea groups is 1. The van der Waals surface area contributed by atoms with Crippen molar-refractivity contribution in [1.29, 1.82) is 0 Å². The van der Waals surface area contributed by atoms with Crippen molar-refractivity contribution in [2.24, 2.45) is 5.92 Å². The number of ether oxygens (including phenoxy) is 1. The third-order valence-corrected chi connectivity index (χ3v) is 5.36. The van der Waals surface area contributed by atoms with Crippen molar-refractivity contribution < 1.29 is 14.1 Å². The van der Waals surface area contributed by atoms with Crippen molar-refractivity contribution in [3.63, 3.8) is 0 Å². The Labute approximate surface area is 165 Å². The van der Waals surface area contributed by atoms with Crippen LogP contribution in [0.1, 0.15) is 42.5 Å². The molecule has 7 nitrogen and oxygen atoms in total. The van der Waals surface area contributed by atoms with Crippen LogP contribution in [0.5, 0.6) is 0 Å². The molecule has 1 atom stereocenters. The molecule has 7 heteroatoms. The summed E-state index contributed by atoms with van der Waals surface area (Å²) in [5.74, 6) is 2.21. The molecule has 1 N–H and O–H groups in total. The fourth-order valence-electron chi connectivity index (χ4n) is 3.45. The Kier molecular flexibility index (Phi) is 6.21. The zero-order valence-corrected chi connectivity index (χ0v) is 16.2. The van der Waals surface area contributed by atoms with Gasteiger partial charge < -0.3 is 19.5 Å². The molecular weight excluding hydrogens is 356 g/mol. The van der Waals surface area contributed by atoms with Crippen molar-refractivity contribution in [1.82, 2.24) is 20.4 Å². The highest BCUT2D eigenvalue weighted by atomic mass is 16.5. The monoisotopic (exact) mass is 384 g/mol. The van der Waals surface area contributed by atoms with Gasteiger partial charge in [-0.3, -0.25) is 0 Å². The molecule has 2 fully saturated rings. The highest BCUT2D eigenvalue weighted by Crippen LogP contribution is 2.29. The van der Waals surface area contributed by atoms with Gasteiger partial charge in [-0.1, -0.05) is 35.5 Å². The van der Waals surface area contributed by atoms with Crippen molar-refractivity contribution in [2.45, 2.75) is 38.0 Å². The lowest BCUT2D eigenvalue weighted by Crippen LogP contribution is -2.39. The van der Waals surface area contributed by atoms with E-state index in [9.17, 15) is 4.79 Å². The lowest BCUT2D eigenvalue weighted by molar-refractivity contribution is 0.125. The average molecular weight is 384 g/mol. The smallest absolute Gasteiger partial charge is 0.317 e. The largest absolute Gasteiger partial charge is 0.381 e. The molecule has 150 valence electrons. The van der Waals surface area contributed by atoms with Crippen LogP contribution in [0, 0.1) is 5.92 Å². The quantitative estimate of drug-likeness (QED) is 0.673. The molecular formula is C21H28N4O3. The number of rotatable bonds is 9. The summed E-state index contributed by atoms with van der Waals surface area (Å²) in [4.78, 5) is 18.7. The van der Waals surface area contributed by atoms with E-state index < -0.39 is 0 Å². The van der Waals surface area contributed by atoms with Crippen LogP contribution >= 0.6 is 0 Å². The van der Waals surface area contributed by atoms with Crippen LogP contribution in [0.2, 0.25) is 0 Å². The first kappa shape index (κ1) is 18.9. The molecule has 0 radical (unpaired) electrons. The van der Waals surface area contributed by atoms with Crippen molar-refractivity contribution in [3.8, 4) is 0 Å². The number of nitrogens with one attached hydrogen (secondary N) is 1. The Morgan fingerprint density at radius 1 is 1.21 bits per heavy atom. The molecule has 4 rings (SSSR count). The van der Waals surface area contributed by atoms with Gasteiger partial charge in [-0.25, -0.2) is 4.79 Å². The lowest BCUT2D eigenvalue weighted by Gasteiger charge is -2.16. The van der Waals surface area contributed by atoms with Gasteiger partial charge in [0.2, 0.25) is 5.89 Å². The molecule has 2 heterocycles. The normalized spacial score (nSPS) is 19.1. The van der Waals surface area contributed by atoms with Crippen molar-refractivity contribution >= 4 is 6.03 Å². The van der Waals surface area contributed by atoms with E-state index in [0.29, 0.717) is 44.4 Å². The topological polar surface area (TPSA) is 80.5 Å². The second kappa shape index (κ2) is 9.19. The number of likely N-dealkylation sites (tertiary alicyclic amines) is 1. The summed E-state index contributed by atoms with van der Waals surface area (Å²) >= 11 is 0. The van der Waals surface area contributed by atoms with E-state index >= 15 is 0 Å². The molecule has 0 spiro atoms. The molecule has 1 saturated heterocycles. The predicted molar refractivity (Wildman–Crippen MR) is 104 cm³/mol. The van der Waals surface area contributed by atoms with E-state index in [1.165, 1.54) is 18.4 Å². The van der Waals surface area contributed by atoms with Crippen LogP contribution in [0.3, 0.4) is 0 Å². The predicted octanol–water partition coefficient (Wildman–Crippen LogP) is 2.78. The summed E-state index contributed by atoms with van der Waals surface area (Å²) < 4.78 is 11.1. The summed E-state index contributed by atoms with van der Waals surface area (Å²) in [6, 6.07) is 10.1. The van der Waals surface area contributed by atoms with E-state index in [2.05, 4.69) is 27.6 Å². The molecule has 1 unspecified atom stereocenters. The van der Waals surface area contributed by atoms with E-state index in [1.54, 1.807) is 0 Å². The van der Waals surface area contributed by atoms with Crippen LogP contribution in [0.15, 0.2) is 34.9 Å².